The molecule has 0 amide bonds. The van der Waals surface area contributed by atoms with Gasteiger partial charge in [-0.1, -0.05) is 42.5 Å². The minimum absolute atomic E-state index is 0.219. The zero-order valence-corrected chi connectivity index (χ0v) is 17.4. The summed E-state index contributed by atoms with van der Waals surface area (Å²) in [6.45, 7) is 0. The Morgan fingerprint density at radius 3 is 2.16 bits per heavy atom. The van der Waals surface area contributed by atoms with Gasteiger partial charge in [0.05, 0.1) is 26.9 Å². The van der Waals surface area contributed by atoms with Gasteiger partial charge in [0, 0.05) is 17.2 Å². The molecule has 4 aromatic rings. The lowest BCUT2D eigenvalue weighted by molar-refractivity contribution is 0.105. The molecule has 6 heteroatoms. The summed E-state index contributed by atoms with van der Waals surface area (Å²) in [5.74, 6) is 1.57. The summed E-state index contributed by atoms with van der Waals surface area (Å²) in [5.41, 5.74) is 2.72. The molecule has 0 N–H and O–H groups in total. The fraction of sp³-hybridized carbons (Fsp3) is 0.120. The number of fused-ring (bicyclic) bond motifs is 1. The van der Waals surface area contributed by atoms with Crippen LogP contribution in [0, 0.1) is 0 Å². The molecule has 0 unspecified atom stereocenters. The van der Waals surface area contributed by atoms with Crippen molar-refractivity contribution in [2.45, 2.75) is 0 Å². The number of benzene rings is 3. The van der Waals surface area contributed by atoms with Crippen molar-refractivity contribution in [3.05, 3.63) is 83.7 Å². The van der Waals surface area contributed by atoms with Crippen LogP contribution in [-0.4, -0.2) is 32.1 Å². The van der Waals surface area contributed by atoms with E-state index in [1.54, 1.807) is 51.7 Å². The van der Waals surface area contributed by atoms with E-state index in [1.807, 2.05) is 42.5 Å². The van der Waals surface area contributed by atoms with Gasteiger partial charge in [-0.25, -0.2) is 4.98 Å². The fourth-order valence-corrected chi connectivity index (χ4v) is 3.28. The number of nitrogens with zero attached hydrogens (tertiary/aromatic N) is 1. The maximum atomic E-state index is 13.4. The first-order valence-corrected chi connectivity index (χ1v) is 9.62. The minimum atomic E-state index is -0.219. The van der Waals surface area contributed by atoms with Gasteiger partial charge < -0.3 is 18.6 Å². The summed E-state index contributed by atoms with van der Waals surface area (Å²) in [4.78, 5) is 18.0. The van der Waals surface area contributed by atoms with Crippen LogP contribution in [0.5, 0.6) is 17.2 Å². The van der Waals surface area contributed by atoms with E-state index in [4.69, 9.17) is 18.6 Å². The maximum absolute atomic E-state index is 13.4. The lowest BCUT2D eigenvalue weighted by Crippen LogP contribution is -2.03. The number of carbonyl (C=O) groups is 1. The third kappa shape index (κ3) is 4.00. The Morgan fingerprint density at radius 2 is 1.48 bits per heavy atom. The molecule has 6 nitrogen and oxygen atoms in total. The first-order valence-electron chi connectivity index (χ1n) is 9.62. The highest BCUT2D eigenvalue weighted by molar-refractivity contribution is 6.31. The summed E-state index contributed by atoms with van der Waals surface area (Å²) < 4.78 is 22.2. The molecule has 0 atom stereocenters. The lowest BCUT2D eigenvalue weighted by Gasteiger charge is -2.13. The van der Waals surface area contributed by atoms with E-state index in [-0.39, 0.29) is 11.7 Å². The molecular formula is C25H21NO5. The first-order chi connectivity index (χ1) is 15.1. The summed E-state index contributed by atoms with van der Waals surface area (Å²) >= 11 is 0. The van der Waals surface area contributed by atoms with E-state index in [1.165, 1.54) is 0 Å². The molecule has 0 saturated heterocycles. The number of rotatable bonds is 7. The Bertz CT molecular complexity index is 1220. The van der Waals surface area contributed by atoms with E-state index < -0.39 is 0 Å². The first kappa shape index (κ1) is 20.2. The molecule has 3 aromatic carbocycles. The Labute approximate surface area is 179 Å². The predicted octanol–water partition coefficient (Wildman–Crippen LogP) is 5.28. The van der Waals surface area contributed by atoms with Gasteiger partial charge >= 0.3 is 0 Å². The van der Waals surface area contributed by atoms with E-state index in [2.05, 4.69) is 4.98 Å². The molecule has 0 aliphatic carbocycles. The standard InChI is InChI=1S/C25H21NO5/c1-28-21-15-23(30-3)22(29-2)14-17(21)13-18(24(27)16-9-5-4-6-10-16)25-26-19-11-7-8-12-20(19)31-25/h4-15H,1-3H3. The van der Waals surface area contributed by atoms with Crippen LogP contribution in [0.3, 0.4) is 0 Å². The third-order valence-electron chi connectivity index (χ3n) is 4.84. The lowest BCUT2D eigenvalue weighted by atomic mass is 10.00. The van der Waals surface area contributed by atoms with E-state index in [0.717, 1.165) is 0 Å². The quantitative estimate of drug-likeness (QED) is 0.302. The number of ketones is 1. The highest BCUT2D eigenvalue weighted by Crippen LogP contribution is 2.37. The number of Topliss-reactive ketones (excluding diaryl/α,β-unsaturated/α-hetero) is 1. The summed E-state index contributed by atoms with van der Waals surface area (Å²) in [6, 6.07) is 19.8. The number of methoxy groups -OCH3 is 3. The van der Waals surface area contributed by atoms with Crippen LogP contribution in [-0.2, 0) is 0 Å². The Kier molecular flexibility index (Phi) is 5.71. The second-order valence-electron chi connectivity index (χ2n) is 6.69. The monoisotopic (exact) mass is 415 g/mol. The molecule has 4 rings (SSSR count). The molecule has 0 fully saturated rings. The van der Waals surface area contributed by atoms with Gasteiger partial charge in [0.2, 0.25) is 5.89 Å². The van der Waals surface area contributed by atoms with Crippen LogP contribution in [0.15, 0.2) is 71.1 Å². The summed E-state index contributed by atoms with van der Waals surface area (Å²) in [6.07, 6.45) is 1.70. The number of hydrogen-bond acceptors (Lipinski definition) is 6. The molecule has 0 aliphatic heterocycles. The highest BCUT2D eigenvalue weighted by Gasteiger charge is 2.21. The van der Waals surface area contributed by atoms with Gasteiger partial charge in [0.15, 0.2) is 22.9 Å². The number of hydrogen-bond donors (Lipinski definition) is 0. The minimum Gasteiger partial charge on any atom is -0.496 e. The van der Waals surface area contributed by atoms with Crippen LogP contribution in [0.4, 0.5) is 0 Å². The second kappa shape index (κ2) is 8.75. The Balaban J connectivity index is 1.92. The average molecular weight is 415 g/mol. The van der Waals surface area contributed by atoms with Crippen LogP contribution in [0.1, 0.15) is 21.8 Å². The number of aromatic nitrogens is 1. The van der Waals surface area contributed by atoms with E-state index in [9.17, 15) is 4.79 Å². The van der Waals surface area contributed by atoms with Gasteiger partial charge in [-0.15, -0.1) is 0 Å². The van der Waals surface area contributed by atoms with E-state index >= 15 is 0 Å². The summed E-state index contributed by atoms with van der Waals surface area (Å²) in [7, 11) is 4.65. The molecular weight excluding hydrogens is 394 g/mol. The molecule has 156 valence electrons. The molecule has 0 bridgehead atoms. The van der Waals surface area contributed by atoms with Gasteiger partial charge in [0.25, 0.3) is 0 Å². The number of oxazole rings is 1. The predicted molar refractivity (Wildman–Crippen MR) is 119 cm³/mol. The van der Waals surface area contributed by atoms with Gasteiger partial charge in [-0.05, 0) is 24.3 Å². The molecule has 1 aromatic heterocycles. The molecule has 31 heavy (non-hydrogen) atoms. The van der Waals surface area contributed by atoms with Crippen molar-refractivity contribution >= 4 is 28.5 Å². The highest BCUT2D eigenvalue weighted by atomic mass is 16.5. The number of carbonyl (C=O) groups excluding carboxylic acids is 1. The van der Waals surface area contributed by atoms with Gasteiger partial charge in [-0.2, -0.15) is 0 Å². The molecule has 0 saturated carbocycles. The summed E-state index contributed by atoms with van der Waals surface area (Å²) in [5, 5.41) is 0. The maximum Gasteiger partial charge on any atom is 0.231 e. The van der Waals surface area contributed by atoms with Crippen molar-refractivity contribution in [2.75, 3.05) is 21.3 Å². The molecule has 1 heterocycles. The number of allylic oxidation sites excluding steroid dienone is 1. The largest absolute Gasteiger partial charge is 0.496 e. The van der Waals surface area contributed by atoms with Crippen molar-refractivity contribution in [3.63, 3.8) is 0 Å². The normalized spacial score (nSPS) is 11.4. The second-order valence-corrected chi connectivity index (χ2v) is 6.69. The van der Waals surface area contributed by atoms with Crippen molar-refractivity contribution in [3.8, 4) is 17.2 Å². The van der Waals surface area contributed by atoms with Crippen LogP contribution >= 0.6 is 0 Å². The molecule has 0 aliphatic rings. The average Bonchev–Trinajstić information content (AvgIpc) is 3.26. The Hall–Kier alpha value is -4.06. The Morgan fingerprint density at radius 1 is 0.839 bits per heavy atom. The van der Waals surface area contributed by atoms with E-state index in [0.29, 0.717) is 45.0 Å². The van der Waals surface area contributed by atoms with Crippen LogP contribution in [0.2, 0.25) is 0 Å². The van der Waals surface area contributed by atoms with Crippen molar-refractivity contribution < 1.29 is 23.4 Å². The zero-order valence-electron chi connectivity index (χ0n) is 17.4. The van der Waals surface area contributed by atoms with Gasteiger partial charge in [0.1, 0.15) is 11.3 Å². The zero-order chi connectivity index (χ0) is 21.8. The smallest absolute Gasteiger partial charge is 0.231 e. The SMILES string of the molecule is COc1cc(OC)c(OC)cc1C=C(C(=O)c1ccccc1)c1nc2ccccc2o1. The van der Waals surface area contributed by atoms with Crippen LogP contribution in [0.25, 0.3) is 22.7 Å². The topological polar surface area (TPSA) is 70.8 Å². The van der Waals surface area contributed by atoms with Crippen LogP contribution < -0.4 is 14.2 Å². The third-order valence-corrected chi connectivity index (χ3v) is 4.84. The number of ether oxygens (including phenoxy) is 3. The van der Waals surface area contributed by atoms with Crippen molar-refractivity contribution in [1.29, 1.82) is 0 Å². The number of para-hydroxylation sites is 2. The van der Waals surface area contributed by atoms with Crippen molar-refractivity contribution in [1.82, 2.24) is 4.98 Å². The van der Waals surface area contributed by atoms with Crippen molar-refractivity contribution in [2.24, 2.45) is 0 Å². The van der Waals surface area contributed by atoms with Gasteiger partial charge in [-0.3, -0.25) is 4.79 Å². The fourth-order valence-electron chi connectivity index (χ4n) is 3.28. The molecule has 0 radical (unpaired) electrons. The molecule has 0 spiro atoms.